The van der Waals surface area contributed by atoms with Crippen LogP contribution in [0.4, 0.5) is 0 Å². The van der Waals surface area contributed by atoms with E-state index in [4.69, 9.17) is 16.2 Å². The second-order valence-electron chi connectivity index (χ2n) is 20.4. The number of rotatable bonds is 53. The third kappa shape index (κ3) is 47.3. The Bertz CT molecular complexity index is 968. The zero-order valence-corrected chi connectivity index (χ0v) is 43.4. The Kier molecular flexibility index (Phi) is 49.5. The number of carbonyl (C=O) groups excluding carboxylic acids is 1. The SMILES string of the molecule is CCCCCCCC/C=C/CCCCCCCCCC(COCCCCCCCC/C=C/CCCCCCCC)C[N+](C)(C)CCCC(=O)C(CCCCCCCN)NCCCN. The first-order valence-electron chi connectivity index (χ1n) is 28.3. The molecule has 0 rings (SSSR count). The van der Waals surface area contributed by atoms with Crippen LogP contribution in [0.2, 0.25) is 0 Å². The lowest BCUT2D eigenvalue weighted by molar-refractivity contribution is -0.894. The molecule has 0 radical (unpaired) electrons. The van der Waals surface area contributed by atoms with Crippen molar-refractivity contribution in [3.63, 3.8) is 0 Å². The standard InChI is InChI=1S/C57H115N4O2/c1-5-7-9-11-13-15-17-19-21-23-24-26-28-30-32-35-39-45-55(54-63-52-42-38-33-31-29-27-25-22-20-18-16-14-12-10-8-6-2)53-61(3,4)51-43-47-57(62)56(60-50-44-49-59)46-40-36-34-37-41-48-58/h19-22,55-56,60H,5-18,23-54,58-59H2,1-4H3/q+1/b21-19+,22-20+. The van der Waals surface area contributed by atoms with Gasteiger partial charge in [-0.3, -0.25) is 4.79 Å². The number of quaternary nitrogens is 1. The van der Waals surface area contributed by atoms with Crippen molar-refractivity contribution in [2.75, 3.05) is 60.0 Å². The molecule has 0 bridgehead atoms. The van der Waals surface area contributed by atoms with E-state index in [1.165, 1.54) is 212 Å². The van der Waals surface area contributed by atoms with Gasteiger partial charge in [0.25, 0.3) is 0 Å². The number of unbranched alkanes of at least 4 members (excludes halogenated alkanes) is 29. The quantitative estimate of drug-likeness (QED) is 0.0322. The molecule has 0 spiro atoms. The lowest BCUT2D eigenvalue weighted by Gasteiger charge is -2.34. The number of nitrogens with two attached hydrogens (primary N) is 2. The van der Waals surface area contributed by atoms with E-state index in [-0.39, 0.29) is 6.04 Å². The van der Waals surface area contributed by atoms with Gasteiger partial charge in [0.05, 0.1) is 39.8 Å². The number of ether oxygens (including phenoxy) is 1. The van der Waals surface area contributed by atoms with Crippen LogP contribution in [0.1, 0.15) is 264 Å². The molecule has 0 heterocycles. The number of carbonyl (C=O) groups is 1. The topological polar surface area (TPSA) is 90.4 Å². The van der Waals surface area contributed by atoms with Crippen LogP contribution in [-0.2, 0) is 9.53 Å². The second kappa shape index (κ2) is 50.4. The summed E-state index contributed by atoms with van der Waals surface area (Å²) in [5.74, 6) is 0.974. The van der Waals surface area contributed by atoms with Crippen LogP contribution < -0.4 is 16.8 Å². The Morgan fingerprint density at radius 2 is 0.921 bits per heavy atom. The normalized spacial score (nSPS) is 13.2. The first kappa shape index (κ1) is 62.0. The lowest BCUT2D eigenvalue weighted by atomic mass is 9.98. The van der Waals surface area contributed by atoms with Crippen molar-refractivity contribution >= 4 is 5.78 Å². The molecule has 6 heteroatoms. The number of nitrogens with zero attached hydrogens (tertiary/aromatic N) is 1. The van der Waals surface area contributed by atoms with Gasteiger partial charge in [-0.2, -0.15) is 0 Å². The largest absolute Gasteiger partial charge is 0.381 e. The second-order valence-corrected chi connectivity index (χ2v) is 20.4. The molecule has 0 aliphatic rings. The van der Waals surface area contributed by atoms with Crippen LogP contribution in [-0.4, -0.2) is 76.3 Å². The predicted octanol–water partition coefficient (Wildman–Crippen LogP) is 15.5. The molecular weight excluding hydrogens is 773 g/mol. The van der Waals surface area contributed by atoms with Gasteiger partial charge in [-0.1, -0.05) is 192 Å². The third-order valence-electron chi connectivity index (χ3n) is 13.3. The first-order chi connectivity index (χ1) is 30.9. The number of Topliss-reactive ketones (excluding diaryl/α,β-unsaturated/α-hetero) is 1. The molecule has 0 aliphatic heterocycles. The number of hydrogen-bond acceptors (Lipinski definition) is 5. The smallest absolute Gasteiger partial charge is 0.149 e. The minimum absolute atomic E-state index is 0.0268. The molecule has 6 nitrogen and oxygen atoms in total. The maximum Gasteiger partial charge on any atom is 0.149 e. The van der Waals surface area contributed by atoms with Crippen molar-refractivity contribution in [2.24, 2.45) is 17.4 Å². The molecule has 2 unspecified atom stereocenters. The summed E-state index contributed by atoms with van der Waals surface area (Å²) < 4.78 is 7.40. The Balaban J connectivity index is 4.64. The van der Waals surface area contributed by atoms with E-state index in [2.05, 4.69) is 57.6 Å². The summed E-state index contributed by atoms with van der Waals surface area (Å²) in [6, 6.07) is -0.0268. The highest BCUT2D eigenvalue weighted by Gasteiger charge is 2.24. The maximum atomic E-state index is 13.4. The zero-order valence-electron chi connectivity index (χ0n) is 43.4. The van der Waals surface area contributed by atoms with Gasteiger partial charge in [0.15, 0.2) is 0 Å². The van der Waals surface area contributed by atoms with Crippen molar-refractivity contribution in [3.05, 3.63) is 24.3 Å². The summed E-state index contributed by atoms with van der Waals surface area (Å²) in [5.41, 5.74) is 11.5. The first-order valence-corrected chi connectivity index (χ1v) is 28.3. The van der Waals surface area contributed by atoms with Crippen LogP contribution in [0.15, 0.2) is 24.3 Å². The van der Waals surface area contributed by atoms with Gasteiger partial charge in [0.2, 0.25) is 0 Å². The van der Waals surface area contributed by atoms with Crippen molar-refractivity contribution in [1.29, 1.82) is 0 Å². The molecule has 0 aromatic heterocycles. The van der Waals surface area contributed by atoms with E-state index in [1.54, 1.807) is 0 Å². The van der Waals surface area contributed by atoms with Crippen LogP contribution in [0.5, 0.6) is 0 Å². The highest BCUT2D eigenvalue weighted by Crippen LogP contribution is 2.19. The van der Waals surface area contributed by atoms with E-state index in [0.29, 0.717) is 24.7 Å². The van der Waals surface area contributed by atoms with Crippen molar-refractivity contribution in [3.8, 4) is 0 Å². The molecule has 0 saturated carbocycles. The van der Waals surface area contributed by atoms with Gasteiger partial charge in [0.1, 0.15) is 5.78 Å². The fraction of sp³-hybridized carbons (Fsp3) is 0.912. The summed E-state index contributed by atoms with van der Waals surface area (Å²) in [7, 11) is 4.76. The van der Waals surface area contributed by atoms with E-state index >= 15 is 0 Å². The Hall–Kier alpha value is -1.05. The molecule has 2 atom stereocenters. The monoisotopic (exact) mass is 888 g/mol. The summed E-state index contributed by atoms with van der Waals surface area (Å²) >= 11 is 0. The van der Waals surface area contributed by atoms with E-state index in [1.807, 2.05) is 0 Å². The summed E-state index contributed by atoms with van der Waals surface area (Å²) in [6.45, 7) is 10.8. The molecule has 0 fully saturated rings. The highest BCUT2D eigenvalue weighted by atomic mass is 16.5. The van der Waals surface area contributed by atoms with Gasteiger partial charge < -0.3 is 26.0 Å². The molecule has 0 saturated heterocycles. The van der Waals surface area contributed by atoms with Gasteiger partial charge in [-0.15, -0.1) is 0 Å². The van der Waals surface area contributed by atoms with Crippen LogP contribution in [0.3, 0.4) is 0 Å². The average Bonchev–Trinajstić information content (AvgIpc) is 3.27. The Labute approximate surface area is 395 Å². The lowest BCUT2D eigenvalue weighted by Crippen LogP contribution is -2.45. The van der Waals surface area contributed by atoms with Crippen LogP contribution >= 0.6 is 0 Å². The predicted molar refractivity (Wildman–Crippen MR) is 281 cm³/mol. The van der Waals surface area contributed by atoms with Gasteiger partial charge in [0, 0.05) is 25.4 Å². The molecule has 5 N–H and O–H groups in total. The molecule has 0 amide bonds. The number of allylic oxidation sites excluding steroid dienone is 4. The van der Waals surface area contributed by atoms with Gasteiger partial charge in [-0.05, 0) is 103 Å². The van der Waals surface area contributed by atoms with E-state index < -0.39 is 0 Å². The average molecular weight is 889 g/mol. The Morgan fingerprint density at radius 3 is 1.40 bits per heavy atom. The van der Waals surface area contributed by atoms with Gasteiger partial charge in [-0.25, -0.2) is 0 Å². The number of hydrogen-bond donors (Lipinski definition) is 3. The molecule has 63 heavy (non-hydrogen) atoms. The molecular formula is C57H115N4O2+. The van der Waals surface area contributed by atoms with Crippen molar-refractivity contribution < 1.29 is 14.0 Å². The number of ketones is 1. The molecule has 0 aliphatic carbocycles. The Morgan fingerprint density at radius 1 is 0.508 bits per heavy atom. The minimum Gasteiger partial charge on any atom is -0.381 e. The van der Waals surface area contributed by atoms with Crippen LogP contribution in [0, 0.1) is 5.92 Å². The van der Waals surface area contributed by atoms with Gasteiger partial charge >= 0.3 is 0 Å². The zero-order chi connectivity index (χ0) is 46.0. The summed E-state index contributed by atoms with van der Waals surface area (Å²) in [6.07, 6.45) is 59.4. The third-order valence-corrected chi connectivity index (χ3v) is 13.3. The maximum absolute atomic E-state index is 13.4. The van der Waals surface area contributed by atoms with Crippen LogP contribution in [0.25, 0.3) is 0 Å². The number of nitrogens with one attached hydrogen (secondary N) is 1. The minimum atomic E-state index is -0.0268. The van der Waals surface area contributed by atoms with E-state index in [0.717, 1.165) is 76.0 Å². The summed E-state index contributed by atoms with van der Waals surface area (Å²) in [4.78, 5) is 13.4. The summed E-state index contributed by atoms with van der Waals surface area (Å²) in [5, 5.41) is 3.56. The highest BCUT2D eigenvalue weighted by molar-refractivity contribution is 5.83. The van der Waals surface area contributed by atoms with E-state index in [9.17, 15) is 4.79 Å². The fourth-order valence-electron chi connectivity index (χ4n) is 9.21. The molecule has 0 aromatic carbocycles. The van der Waals surface area contributed by atoms with Crippen molar-refractivity contribution in [2.45, 2.75) is 270 Å². The molecule has 0 aromatic rings. The molecule has 374 valence electrons. The fourth-order valence-corrected chi connectivity index (χ4v) is 9.21. The van der Waals surface area contributed by atoms with Crippen molar-refractivity contribution in [1.82, 2.24) is 5.32 Å².